The molecular weight excluding hydrogens is 192 g/mol. The molecule has 0 saturated heterocycles. The van der Waals surface area contributed by atoms with Gasteiger partial charge in [-0.1, -0.05) is 70.4 Å². The maximum Gasteiger partial charge on any atom is -0.0276 e. The van der Waals surface area contributed by atoms with Gasteiger partial charge in [-0.3, -0.25) is 0 Å². The SMILES string of the molecule is CCCC(CCc1ccccc1)C(C)CC. The molecule has 0 amide bonds. The van der Waals surface area contributed by atoms with Crippen molar-refractivity contribution >= 4 is 0 Å². The third-order valence-corrected chi connectivity index (χ3v) is 3.75. The molecule has 0 aliphatic carbocycles. The molecule has 0 nitrogen and oxygen atoms in total. The van der Waals surface area contributed by atoms with Crippen LogP contribution in [-0.4, -0.2) is 0 Å². The van der Waals surface area contributed by atoms with E-state index in [-0.39, 0.29) is 0 Å². The van der Waals surface area contributed by atoms with E-state index in [1.807, 2.05) is 0 Å². The Kier molecular flexibility index (Phi) is 6.22. The van der Waals surface area contributed by atoms with E-state index in [0.29, 0.717) is 0 Å². The zero-order chi connectivity index (χ0) is 11.8. The summed E-state index contributed by atoms with van der Waals surface area (Å²) in [4.78, 5) is 0. The van der Waals surface area contributed by atoms with Gasteiger partial charge in [-0.15, -0.1) is 0 Å². The molecule has 90 valence electrons. The van der Waals surface area contributed by atoms with Gasteiger partial charge in [0, 0.05) is 0 Å². The predicted molar refractivity (Wildman–Crippen MR) is 72.6 cm³/mol. The second kappa shape index (κ2) is 7.49. The van der Waals surface area contributed by atoms with E-state index in [0.717, 1.165) is 11.8 Å². The average Bonchev–Trinajstić information content (AvgIpc) is 2.34. The van der Waals surface area contributed by atoms with E-state index in [9.17, 15) is 0 Å². The predicted octanol–water partition coefficient (Wildman–Crippen LogP) is 5.08. The summed E-state index contributed by atoms with van der Waals surface area (Å²) < 4.78 is 0. The van der Waals surface area contributed by atoms with Crippen molar-refractivity contribution in [3.63, 3.8) is 0 Å². The highest BCUT2D eigenvalue weighted by molar-refractivity contribution is 5.14. The number of rotatable bonds is 7. The van der Waals surface area contributed by atoms with Crippen LogP contribution in [0.2, 0.25) is 0 Å². The monoisotopic (exact) mass is 218 g/mol. The molecule has 0 heteroatoms. The molecule has 0 aromatic heterocycles. The Bertz CT molecular complexity index is 263. The summed E-state index contributed by atoms with van der Waals surface area (Å²) in [6, 6.07) is 10.9. The van der Waals surface area contributed by atoms with Gasteiger partial charge < -0.3 is 0 Å². The molecule has 1 aromatic rings. The smallest absolute Gasteiger partial charge is 0.0276 e. The molecule has 0 saturated carbocycles. The Labute approximate surface area is 101 Å². The first-order chi connectivity index (χ1) is 7.77. The fourth-order valence-electron chi connectivity index (χ4n) is 2.41. The molecule has 0 radical (unpaired) electrons. The molecule has 0 fully saturated rings. The summed E-state index contributed by atoms with van der Waals surface area (Å²) in [5.41, 5.74) is 1.49. The van der Waals surface area contributed by atoms with Crippen molar-refractivity contribution in [2.45, 2.75) is 52.9 Å². The van der Waals surface area contributed by atoms with Crippen LogP contribution in [0, 0.1) is 11.8 Å². The van der Waals surface area contributed by atoms with E-state index in [1.54, 1.807) is 0 Å². The number of benzene rings is 1. The zero-order valence-corrected chi connectivity index (χ0v) is 11.1. The topological polar surface area (TPSA) is 0 Å². The van der Waals surface area contributed by atoms with Gasteiger partial charge in [0.1, 0.15) is 0 Å². The first-order valence-corrected chi connectivity index (χ1v) is 6.81. The van der Waals surface area contributed by atoms with Gasteiger partial charge in [-0.2, -0.15) is 0 Å². The maximum absolute atomic E-state index is 2.41. The Morgan fingerprint density at radius 2 is 1.69 bits per heavy atom. The van der Waals surface area contributed by atoms with Crippen LogP contribution in [0.5, 0.6) is 0 Å². The average molecular weight is 218 g/mol. The number of aryl methyl sites for hydroxylation is 1. The standard InChI is InChI=1S/C16H26/c1-4-9-16(14(3)5-2)13-12-15-10-7-6-8-11-15/h6-8,10-11,14,16H,4-5,9,12-13H2,1-3H3. The second-order valence-corrected chi connectivity index (χ2v) is 4.96. The van der Waals surface area contributed by atoms with E-state index >= 15 is 0 Å². The molecule has 2 atom stereocenters. The summed E-state index contributed by atoms with van der Waals surface area (Å²) in [5, 5.41) is 0. The van der Waals surface area contributed by atoms with Gasteiger partial charge in [-0.05, 0) is 30.2 Å². The first-order valence-electron chi connectivity index (χ1n) is 6.81. The van der Waals surface area contributed by atoms with Gasteiger partial charge in [0.25, 0.3) is 0 Å². The van der Waals surface area contributed by atoms with E-state index in [2.05, 4.69) is 51.1 Å². The third kappa shape index (κ3) is 4.38. The van der Waals surface area contributed by atoms with Crippen molar-refractivity contribution in [2.75, 3.05) is 0 Å². The van der Waals surface area contributed by atoms with Crippen LogP contribution in [0.4, 0.5) is 0 Å². The minimum atomic E-state index is 0.878. The van der Waals surface area contributed by atoms with Gasteiger partial charge in [0.15, 0.2) is 0 Å². The first kappa shape index (κ1) is 13.3. The lowest BCUT2D eigenvalue weighted by atomic mass is 9.84. The highest BCUT2D eigenvalue weighted by Crippen LogP contribution is 2.25. The zero-order valence-electron chi connectivity index (χ0n) is 11.1. The van der Waals surface area contributed by atoms with Gasteiger partial charge in [-0.25, -0.2) is 0 Å². The molecule has 1 rings (SSSR count). The molecule has 16 heavy (non-hydrogen) atoms. The minimum Gasteiger partial charge on any atom is -0.0654 e. The lowest BCUT2D eigenvalue weighted by molar-refractivity contribution is 0.305. The Hall–Kier alpha value is -0.780. The summed E-state index contributed by atoms with van der Waals surface area (Å²) in [6.07, 6.45) is 6.63. The Morgan fingerprint density at radius 1 is 1.00 bits per heavy atom. The summed E-state index contributed by atoms with van der Waals surface area (Å²) in [7, 11) is 0. The van der Waals surface area contributed by atoms with Crippen LogP contribution in [0.15, 0.2) is 30.3 Å². The molecule has 0 aliphatic rings. The fourth-order valence-corrected chi connectivity index (χ4v) is 2.41. The summed E-state index contributed by atoms with van der Waals surface area (Å²) >= 11 is 0. The van der Waals surface area contributed by atoms with Gasteiger partial charge in [0.2, 0.25) is 0 Å². The van der Waals surface area contributed by atoms with Crippen molar-refractivity contribution in [1.29, 1.82) is 0 Å². The van der Waals surface area contributed by atoms with Crippen molar-refractivity contribution in [1.82, 2.24) is 0 Å². The van der Waals surface area contributed by atoms with Crippen molar-refractivity contribution in [3.8, 4) is 0 Å². The molecule has 0 bridgehead atoms. The molecule has 0 N–H and O–H groups in total. The van der Waals surface area contributed by atoms with Crippen LogP contribution in [0.1, 0.15) is 52.0 Å². The van der Waals surface area contributed by atoms with Crippen LogP contribution in [0.3, 0.4) is 0 Å². The molecule has 0 heterocycles. The minimum absolute atomic E-state index is 0.878. The van der Waals surface area contributed by atoms with Crippen molar-refractivity contribution in [2.24, 2.45) is 11.8 Å². The normalized spacial score (nSPS) is 14.7. The summed E-state index contributed by atoms with van der Waals surface area (Å²) in [5.74, 6) is 1.79. The Balaban J connectivity index is 2.43. The van der Waals surface area contributed by atoms with Crippen molar-refractivity contribution < 1.29 is 0 Å². The van der Waals surface area contributed by atoms with E-state index < -0.39 is 0 Å². The number of hydrogen-bond donors (Lipinski definition) is 0. The van der Waals surface area contributed by atoms with Crippen LogP contribution >= 0.6 is 0 Å². The highest BCUT2D eigenvalue weighted by Gasteiger charge is 2.14. The largest absolute Gasteiger partial charge is 0.0654 e. The molecule has 0 aliphatic heterocycles. The lowest BCUT2D eigenvalue weighted by Gasteiger charge is -2.22. The lowest BCUT2D eigenvalue weighted by Crippen LogP contribution is -2.12. The molecular formula is C16H26. The van der Waals surface area contributed by atoms with Crippen LogP contribution in [0.25, 0.3) is 0 Å². The summed E-state index contributed by atoms with van der Waals surface area (Å²) in [6.45, 7) is 7.03. The second-order valence-electron chi connectivity index (χ2n) is 4.96. The highest BCUT2D eigenvalue weighted by atomic mass is 14.2. The third-order valence-electron chi connectivity index (χ3n) is 3.75. The van der Waals surface area contributed by atoms with E-state index in [1.165, 1.54) is 37.7 Å². The Morgan fingerprint density at radius 3 is 2.25 bits per heavy atom. The fraction of sp³-hybridized carbons (Fsp3) is 0.625. The molecule has 2 unspecified atom stereocenters. The van der Waals surface area contributed by atoms with Gasteiger partial charge in [0.05, 0.1) is 0 Å². The van der Waals surface area contributed by atoms with E-state index in [4.69, 9.17) is 0 Å². The quantitative estimate of drug-likeness (QED) is 0.598. The molecule has 1 aromatic carbocycles. The maximum atomic E-state index is 2.41. The van der Waals surface area contributed by atoms with Crippen LogP contribution in [-0.2, 0) is 6.42 Å². The van der Waals surface area contributed by atoms with Crippen LogP contribution < -0.4 is 0 Å². The van der Waals surface area contributed by atoms with Crippen molar-refractivity contribution in [3.05, 3.63) is 35.9 Å². The number of hydrogen-bond acceptors (Lipinski definition) is 0. The molecule has 0 spiro atoms. The van der Waals surface area contributed by atoms with Gasteiger partial charge >= 0.3 is 0 Å².